The number of methoxy groups -OCH3 is 2. The molecule has 0 saturated carbocycles. The van der Waals surface area contributed by atoms with E-state index in [1.807, 2.05) is 20.8 Å². The van der Waals surface area contributed by atoms with Gasteiger partial charge in [-0.15, -0.1) is 0 Å². The van der Waals surface area contributed by atoms with Crippen molar-refractivity contribution in [3.63, 3.8) is 0 Å². The molecular formula is C28H35F4N3O7. The molecular weight excluding hydrogens is 566 g/mol. The van der Waals surface area contributed by atoms with E-state index in [0.29, 0.717) is 29.8 Å². The van der Waals surface area contributed by atoms with Crippen molar-refractivity contribution >= 4 is 17.6 Å². The van der Waals surface area contributed by atoms with Crippen LogP contribution in [0.2, 0.25) is 0 Å². The number of carbonyl (C=O) groups excluding carboxylic acids is 1. The number of aromatic hydroxyl groups is 1. The lowest BCUT2D eigenvalue weighted by molar-refractivity contribution is -0.192. The van der Waals surface area contributed by atoms with Gasteiger partial charge < -0.3 is 35.1 Å². The molecule has 14 heteroatoms. The second-order valence-electron chi connectivity index (χ2n) is 10.4. The first kappa shape index (κ1) is 34.1. The van der Waals surface area contributed by atoms with Crippen LogP contribution < -0.4 is 19.9 Å². The fourth-order valence-corrected chi connectivity index (χ4v) is 4.10. The molecule has 0 unspecified atom stereocenters. The Morgan fingerprint density at radius 1 is 1.07 bits per heavy atom. The van der Waals surface area contributed by atoms with Crippen LogP contribution in [0, 0.1) is 11.2 Å². The van der Waals surface area contributed by atoms with Gasteiger partial charge in [0.1, 0.15) is 5.84 Å². The van der Waals surface area contributed by atoms with Crippen LogP contribution in [-0.2, 0) is 16.8 Å². The number of nitrogens with zero attached hydrogens (tertiary/aromatic N) is 1. The summed E-state index contributed by atoms with van der Waals surface area (Å²) in [5.41, 5.74) is 6.67. The summed E-state index contributed by atoms with van der Waals surface area (Å²) in [5.74, 6) is -3.42. The van der Waals surface area contributed by atoms with Gasteiger partial charge in [-0.2, -0.15) is 13.2 Å². The number of nitrogens with two attached hydrogens (primary N) is 1. The Morgan fingerprint density at radius 3 is 2.19 bits per heavy atom. The highest BCUT2D eigenvalue weighted by Crippen LogP contribution is 2.40. The van der Waals surface area contributed by atoms with Gasteiger partial charge in [-0.05, 0) is 48.6 Å². The minimum Gasteiger partial charge on any atom is -0.504 e. The molecule has 2 aromatic carbocycles. The maximum absolute atomic E-state index is 15.1. The number of carboxylic acids is 1. The molecule has 42 heavy (non-hydrogen) atoms. The van der Waals surface area contributed by atoms with E-state index < -0.39 is 23.4 Å². The number of hydrogen-bond donors (Lipinski definition) is 4. The van der Waals surface area contributed by atoms with E-state index in [1.54, 1.807) is 12.1 Å². The summed E-state index contributed by atoms with van der Waals surface area (Å²) in [4.78, 5) is 23.7. The number of benzene rings is 2. The van der Waals surface area contributed by atoms with Crippen molar-refractivity contribution in [2.45, 2.75) is 51.7 Å². The van der Waals surface area contributed by atoms with Crippen molar-refractivity contribution in [1.82, 2.24) is 4.90 Å². The van der Waals surface area contributed by atoms with Crippen LogP contribution in [0.1, 0.15) is 60.7 Å². The lowest BCUT2D eigenvalue weighted by Crippen LogP contribution is -2.30. The summed E-state index contributed by atoms with van der Waals surface area (Å²) in [7, 11) is 2.75. The molecule has 0 aliphatic carbocycles. The molecule has 232 valence electrons. The summed E-state index contributed by atoms with van der Waals surface area (Å²) < 4.78 is 62.9. The molecule has 10 nitrogen and oxygen atoms in total. The highest BCUT2D eigenvalue weighted by atomic mass is 19.4. The van der Waals surface area contributed by atoms with Crippen LogP contribution >= 0.6 is 0 Å². The molecule has 0 bridgehead atoms. The van der Waals surface area contributed by atoms with Gasteiger partial charge in [0.25, 0.3) is 0 Å². The van der Waals surface area contributed by atoms with Crippen molar-refractivity contribution < 1.29 is 51.6 Å². The van der Waals surface area contributed by atoms with Gasteiger partial charge in [0.2, 0.25) is 0 Å². The number of phenols is 1. The average molecular weight is 602 g/mol. The summed E-state index contributed by atoms with van der Waals surface area (Å²) in [6, 6.07) is 4.81. The zero-order valence-corrected chi connectivity index (χ0v) is 23.9. The zero-order valence-electron chi connectivity index (χ0n) is 23.9. The Morgan fingerprint density at radius 2 is 1.69 bits per heavy atom. The second kappa shape index (κ2) is 13.7. The number of carboxylic acid groups (broad SMARTS) is 1. The number of aliphatic carboxylic acids is 1. The number of rotatable bonds is 10. The van der Waals surface area contributed by atoms with Gasteiger partial charge in [0.05, 0.1) is 32.9 Å². The third-order valence-electron chi connectivity index (χ3n) is 6.25. The van der Waals surface area contributed by atoms with Crippen LogP contribution in [0.4, 0.5) is 17.6 Å². The van der Waals surface area contributed by atoms with E-state index in [1.165, 1.54) is 25.2 Å². The van der Waals surface area contributed by atoms with E-state index in [9.17, 15) is 23.1 Å². The molecule has 5 N–H and O–H groups in total. The molecule has 0 amide bonds. The highest BCUT2D eigenvalue weighted by molar-refractivity contribution is 6.06. The predicted molar refractivity (Wildman–Crippen MR) is 145 cm³/mol. The summed E-state index contributed by atoms with van der Waals surface area (Å²) in [5, 5.41) is 26.4. The van der Waals surface area contributed by atoms with Crippen molar-refractivity contribution in [1.29, 1.82) is 5.41 Å². The van der Waals surface area contributed by atoms with Crippen molar-refractivity contribution in [2.24, 2.45) is 5.73 Å². The lowest BCUT2D eigenvalue weighted by Gasteiger charge is -2.24. The Kier molecular flexibility index (Phi) is 11.2. The number of amidine groups is 1. The number of carbonyl (C=O) groups is 2. The third kappa shape index (κ3) is 8.02. The lowest BCUT2D eigenvalue weighted by atomic mass is 9.84. The fourth-order valence-electron chi connectivity index (χ4n) is 4.10. The third-order valence-corrected chi connectivity index (χ3v) is 6.25. The molecule has 0 fully saturated rings. The Balaban J connectivity index is 0.000000782. The number of nitrogens with one attached hydrogen (secondary N) is 1. The molecule has 0 aromatic heterocycles. The van der Waals surface area contributed by atoms with Crippen molar-refractivity contribution in [3.05, 3.63) is 46.3 Å². The standard InChI is InChI=1S/C26H34FN3O5.C2HF3O2/c1-26(2,3)17-10-15(11-19(23(17)32)35-9-7-6-8-28)18(31)14-30-13-16-12-20(33-4)24(34-5)22(27)21(16)25(30)29;3-2(4,5)1(6)7/h10-12,29,32H,6-9,13-14,28H2,1-5H3;(H,6,7). The molecule has 0 atom stereocenters. The maximum Gasteiger partial charge on any atom is 0.490 e. The molecule has 2 aromatic rings. The van der Waals surface area contributed by atoms with Crippen LogP contribution in [0.3, 0.4) is 0 Å². The topological polar surface area (TPSA) is 155 Å². The van der Waals surface area contributed by atoms with Crippen molar-refractivity contribution in [3.8, 4) is 23.0 Å². The second-order valence-corrected chi connectivity index (χ2v) is 10.4. The van der Waals surface area contributed by atoms with Gasteiger partial charge in [0.15, 0.2) is 34.6 Å². The molecule has 0 radical (unpaired) electrons. The highest BCUT2D eigenvalue weighted by Gasteiger charge is 2.38. The van der Waals surface area contributed by atoms with Gasteiger partial charge in [-0.1, -0.05) is 20.8 Å². The smallest absolute Gasteiger partial charge is 0.490 e. The number of halogens is 4. The molecule has 3 rings (SSSR count). The number of hydrogen-bond acceptors (Lipinski definition) is 8. The van der Waals surface area contributed by atoms with Gasteiger partial charge in [-0.25, -0.2) is 9.18 Å². The predicted octanol–water partition coefficient (Wildman–Crippen LogP) is 4.62. The molecule has 1 aliphatic rings. The van der Waals surface area contributed by atoms with Crippen LogP contribution in [0.5, 0.6) is 23.0 Å². The SMILES string of the molecule is COc1cc2c(c(F)c1OC)C(=N)N(CC(=O)c1cc(OCCCCN)c(O)c(C(C)(C)C)c1)C2.O=C(O)C(F)(F)F. The van der Waals surface area contributed by atoms with E-state index in [4.69, 9.17) is 35.3 Å². The fraction of sp³-hybridized carbons (Fsp3) is 0.464. The van der Waals surface area contributed by atoms with Gasteiger partial charge in [0, 0.05) is 17.7 Å². The maximum atomic E-state index is 15.1. The summed E-state index contributed by atoms with van der Waals surface area (Å²) in [6.45, 7) is 6.76. The molecule has 1 aliphatic heterocycles. The van der Waals surface area contributed by atoms with Gasteiger partial charge >= 0.3 is 12.1 Å². The first-order valence-electron chi connectivity index (χ1n) is 12.8. The van der Waals surface area contributed by atoms with E-state index >= 15 is 4.39 Å². The molecule has 0 saturated heterocycles. The number of phenolic OH excluding ortho intramolecular Hbond substituents is 1. The first-order chi connectivity index (χ1) is 19.5. The number of fused-ring (bicyclic) bond motifs is 1. The molecule has 0 spiro atoms. The summed E-state index contributed by atoms with van der Waals surface area (Å²) >= 11 is 0. The normalized spacial score (nSPS) is 12.8. The van der Waals surface area contributed by atoms with Crippen LogP contribution in [0.15, 0.2) is 18.2 Å². The average Bonchev–Trinajstić information content (AvgIpc) is 3.21. The minimum atomic E-state index is -5.08. The quantitative estimate of drug-likeness (QED) is 0.173. The monoisotopic (exact) mass is 601 g/mol. The van der Waals surface area contributed by atoms with Gasteiger partial charge in [-0.3, -0.25) is 10.2 Å². The Bertz CT molecular complexity index is 1320. The minimum absolute atomic E-state index is 0.00406. The van der Waals surface area contributed by atoms with E-state index in [-0.39, 0.29) is 53.3 Å². The first-order valence-corrected chi connectivity index (χ1v) is 12.8. The number of unbranched alkanes of at least 4 members (excludes halogenated alkanes) is 1. The van der Waals surface area contributed by atoms with Crippen molar-refractivity contribution in [2.75, 3.05) is 33.9 Å². The largest absolute Gasteiger partial charge is 0.504 e. The summed E-state index contributed by atoms with van der Waals surface area (Å²) in [6.07, 6.45) is -3.57. The van der Waals surface area contributed by atoms with Crippen LogP contribution in [-0.4, -0.2) is 72.8 Å². The number of alkyl halides is 3. The number of ketones is 1. The number of Topliss-reactive ketones (excluding diaryl/α,β-unsaturated/α-hetero) is 1. The van der Waals surface area contributed by atoms with E-state index in [2.05, 4.69) is 0 Å². The number of ether oxygens (including phenoxy) is 3. The zero-order chi connectivity index (χ0) is 32.0. The Hall–Kier alpha value is -4.07. The van der Waals surface area contributed by atoms with E-state index in [0.717, 1.165) is 12.8 Å². The molecule has 1 heterocycles. The Labute approximate surface area is 240 Å². The van der Waals surface area contributed by atoms with Crippen LogP contribution in [0.25, 0.3) is 0 Å².